The van der Waals surface area contributed by atoms with Crippen LogP contribution in [0.2, 0.25) is 0 Å². The van der Waals surface area contributed by atoms with E-state index in [-0.39, 0.29) is 5.92 Å². The number of carbonyl (C=O) groups excluding carboxylic acids is 1. The second-order valence-corrected chi connectivity index (χ2v) is 8.64. The smallest absolute Gasteiger partial charge is 0.432 e. The van der Waals surface area contributed by atoms with Crippen molar-refractivity contribution in [3.8, 4) is 0 Å². The van der Waals surface area contributed by atoms with Crippen LogP contribution in [0, 0.1) is 5.92 Å². The number of hydrogen-bond acceptors (Lipinski definition) is 4. The van der Waals surface area contributed by atoms with Gasteiger partial charge in [0.05, 0.1) is 0 Å². The summed E-state index contributed by atoms with van der Waals surface area (Å²) >= 11 is 0. The monoisotopic (exact) mass is 384 g/mol. The van der Waals surface area contributed by atoms with E-state index in [1.54, 1.807) is 0 Å². The molecule has 1 rings (SSSR count). The Labute approximate surface area is 167 Å². The molecule has 0 aromatic rings. The fourth-order valence-electron chi connectivity index (χ4n) is 3.74. The number of ether oxygens (including phenoxy) is 1. The largest absolute Gasteiger partial charge is 0.540 e. The first kappa shape index (κ1) is 24.3. The van der Waals surface area contributed by atoms with Crippen LogP contribution in [-0.4, -0.2) is 18.4 Å². The Balaban J connectivity index is 1.88. The van der Waals surface area contributed by atoms with E-state index in [1.165, 1.54) is 89.9 Å². The van der Waals surface area contributed by atoms with E-state index in [9.17, 15) is 4.79 Å². The van der Waals surface area contributed by atoms with Crippen molar-refractivity contribution >= 4 is 6.16 Å². The van der Waals surface area contributed by atoms with E-state index < -0.39 is 11.8 Å². The van der Waals surface area contributed by atoms with Crippen molar-refractivity contribution in [2.24, 2.45) is 5.92 Å². The van der Waals surface area contributed by atoms with Gasteiger partial charge in [0.2, 0.25) is 0 Å². The molecule has 1 aliphatic rings. The first-order valence-electron chi connectivity index (χ1n) is 11.6. The van der Waals surface area contributed by atoms with Crippen LogP contribution >= 0.6 is 0 Å². The van der Waals surface area contributed by atoms with Crippen molar-refractivity contribution in [1.82, 2.24) is 0 Å². The van der Waals surface area contributed by atoms with Crippen LogP contribution in [0.25, 0.3) is 0 Å². The Morgan fingerprint density at radius 3 is 1.74 bits per heavy atom. The number of cyclic esters (lactones) is 1. The van der Waals surface area contributed by atoms with E-state index in [0.717, 1.165) is 12.8 Å². The van der Waals surface area contributed by atoms with Gasteiger partial charge < -0.3 is 4.74 Å². The first-order valence-corrected chi connectivity index (χ1v) is 11.6. The minimum Gasteiger partial charge on any atom is -0.432 e. The molecule has 0 aliphatic carbocycles. The minimum atomic E-state index is -0.720. The maximum atomic E-state index is 11.2. The van der Waals surface area contributed by atoms with Crippen LogP contribution in [0.4, 0.5) is 4.79 Å². The van der Waals surface area contributed by atoms with Gasteiger partial charge in [-0.15, -0.1) is 0 Å². The maximum absolute atomic E-state index is 11.2. The second kappa shape index (κ2) is 15.2. The highest BCUT2D eigenvalue weighted by Crippen LogP contribution is 2.31. The SMILES string of the molecule is CCCCCCCCCCCCCCCCCC1(C)OOC(=O)OCC1C. The quantitative estimate of drug-likeness (QED) is 0.155. The lowest BCUT2D eigenvalue weighted by Gasteiger charge is -2.29. The lowest BCUT2D eigenvalue weighted by molar-refractivity contribution is -0.321. The van der Waals surface area contributed by atoms with Gasteiger partial charge >= 0.3 is 6.16 Å². The zero-order valence-electron chi connectivity index (χ0n) is 18.2. The zero-order chi connectivity index (χ0) is 19.8. The molecule has 0 radical (unpaired) electrons. The zero-order valence-corrected chi connectivity index (χ0v) is 18.2. The summed E-state index contributed by atoms with van der Waals surface area (Å²) in [6, 6.07) is 0. The summed E-state index contributed by atoms with van der Waals surface area (Å²) in [5, 5.41) is 0. The molecule has 2 atom stereocenters. The van der Waals surface area contributed by atoms with E-state index in [4.69, 9.17) is 14.5 Å². The molecule has 0 saturated carbocycles. The molecule has 0 N–H and O–H groups in total. The summed E-state index contributed by atoms with van der Waals surface area (Å²) in [5.41, 5.74) is -0.428. The average Bonchev–Trinajstić information content (AvgIpc) is 2.79. The molecule has 160 valence electrons. The van der Waals surface area contributed by atoms with Crippen LogP contribution < -0.4 is 0 Å². The third-order valence-corrected chi connectivity index (χ3v) is 6.07. The van der Waals surface area contributed by atoms with Crippen LogP contribution in [0.15, 0.2) is 0 Å². The summed E-state index contributed by atoms with van der Waals surface area (Å²) in [4.78, 5) is 21.2. The second-order valence-electron chi connectivity index (χ2n) is 8.64. The Morgan fingerprint density at radius 1 is 0.815 bits per heavy atom. The van der Waals surface area contributed by atoms with Crippen LogP contribution in [0.1, 0.15) is 124 Å². The molecule has 4 heteroatoms. The fourth-order valence-corrected chi connectivity index (χ4v) is 3.74. The van der Waals surface area contributed by atoms with Gasteiger partial charge in [0.25, 0.3) is 0 Å². The van der Waals surface area contributed by atoms with Crippen LogP contribution in [0.5, 0.6) is 0 Å². The van der Waals surface area contributed by atoms with Gasteiger partial charge in [0, 0.05) is 5.92 Å². The molecular weight excluding hydrogens is 340 g/mol. The molecule has 0 bridgehead atoms. The van der Waals surface area contributed by atoms with Crippen molar-refractivity contribution in [3.63, 3.8) is 0 Å². The van der Waals surface area contributed by atoms with E-state index in [2.05, 4.69) is 6.92 Å². The first-order chi connectivity index (χ1) is 13.1. The van der Waals surface area contributed by atoms with Gasteiger partial charge in [-0.25, -0.2) is 4.79 Å². The molecule has 1 saturated heterocycles. The normalized spacial score (nSPS) is 22.9. The summed E-state index contributed by atoms with van der Waals surface area (Å²) in [6.45, 7) is 6.71. The van der Waals surface area contributed by atoms with Crippen molar-refractivity contribution in [2.45, 2.75) is 129 Å². The van der Waals surface area contributed by atoms with E-state index in [1.807, 2.05) is 13.8 Å². The van der Waals surface area contributed by atoms with Gasteiger partial charge in [0.15, 0.2) is 0 Å². The van der Waals surface area contributed by atoms with E-state index in [0.29, 0.717) is 6.61 Å². The van der Waals surface area contributed by atoms with Gasteiger partial charge in [0.1, 0.15) is 12.2 Å². The number of carbonyl (C=O) groups is 1. The fraction of sp³-hybridized carbons (Fsp3) is 0.957. The number of rotatable bonds is 16. The van der Waals surface area contributed by atoms with Crippen molar-refractivity contribution < 1.29 is 19.3 Å². The Hall–Kier alpha value is -0.770. The summed E-state index contributed by atoms with van der Waals surface area (Å²) in [6.07, 6.45) is 20.6. The molecule has 0 amide bonds. The lowest BCUT2D eigenvalue weighted by Crippen LogP contribution is -2.36. The predicted octanol–water partition coefficient (Wildman–Crippen LogP) is 7.74. The highest BCUT2D eigenvalue weighted by Gasteiger charge is 2.38. The topological polar surface area (TPSA) is 44.8 Å². The van der Waals surface area contributed by atoms with Crippen LogP contribution in [0.3, 0.4) is 0 Å². The molecular formula is C23H44O4. The number of hydrogen-bond donors (Lipinski definition) is 0. The summed E-state index contributed by atoms with van der Waals surface area (Å²) < 4.78 is 4.95. The Bertz CT molecular complexity index is 371. The molecule has 0 spiro atoms. The van der Waals surface area contributed by atoms with Crippen LogP contribution in [-0.2, 0) is 14.5 Å². The molecule has 1 fully saturated rings. The third-order valence-electron chi connectivity index (χ3n) is 6.07. The standard InChI is InChI=1S/C23H44O4/c1-4-5-6-7-8-9-10-11-12-13-14-15-16-17-18-19-23(3)21(2)20-25-22(24)26-27-23/h21H,4-20H2,1-3H3. The predicted molar refractivity (Wildman–Crippen MR) is 111 cm³/mol. The van der Waals surface area contributed by atoms with Gasteiger partial charge in [-0.05, 0) is 13.3 Å². The molecule has 1 aliphatic heterocycles. The van der Waals surface area contributed by atoms with E-state index >= 15 is 0 Å². The Morgan fingerprint density at radius 2 is 1.26 bits per heavy atom. The number of unbranched alkanes of at least 4 members (excludes halogenated alkanes) is 14. The van der Waals surface area contributed by atoms with Gasteiger partial charge in [-0.2, -0.15) is 4.89 Å². The summed E-state index contributed by atoms with van der Waals surface area (Å²) in [5.74, 6) is 0.149. The average molecular weight is 385 g/mol. The van der Waals surface area contributed by atoms with Crippen molar-refractivity contribution in [2.75, 3.05) is 6.61 Å². The molecule has 4 nitrogen and oxygen atoms in total. The van der Waals surface area contributed by atoms with Gasteiger partial charge in [-0.3, -0.25) is 4.89 Å². The van der Waals surface area contributed by atoms with Gasteiger partial charge in [-0.1, -0.05) is 110 Å². The Kier molecular flexibility index (Phi) is 13.7. The maximum Gasteiger partial charge on any atom is 0.540 e. The molecule has 1 heterocycles. The van der Waals surface area contributed by atoms with Crippen molar-refractivity contribution in [1.29, 1.82) is 0 Å². The molecule has 2 unspecified atom stereocenters. The highest BCUT2D eigenvalue weighted by atomic mass is 17.2. The highest BCUT2D eigenvalue weighted by molar-refractivity contribution is 5.59. The lowest BCUT2D eigenvalue weighted by atomic mass is 9.86. The molecule has 0 aromatic heterocycles. The van der Waals surface area contributed by atoms with Crippen molar-refractivity contribution in [3.05, 3.63) is 0 Å². The minimum absolute atomic E-state index is 0.149. The molecule has 27 heavy (non-hydrogen) atoms. The third kappa shape index (κ3) is 11.6. The molecule has 0 aromatic carbocycles. The summed E-state index contributed by atoms with van der Waals surface area (Å²) in [7, 11) is 0.